The fourth-order valence-electron chi connectivity index (χ4n) is 4.50. The first kappa shape index (κ1) is 24.0. The second-order valence-corrected chi connectivity index (χ2v) is 9.06. The van der Waals surface area contributed by atoms with E-state index in [1.165, 1.54) is 12.1 Å². The lowest BCUT2D eigenvalue weighted by Gasteiger charge is -2.37. The van der Waals surface area contributed by atoms with Crippen molar-refractivity contribution >= 4 is 17.4 Å². The van der Waals surface area contributed by atoms with Crippen molar-refractivity contribution in [3.63, 3.8) is 0 Å². The van der Waals surface area contributed by atoms with Crippen LogP contribution in [0.2, 0.25) is 5.02 Å². The van der Waals surface area contributed by atoms with E-state index < -0.39 is 5.60 Å². The number of pyridine rings is 1. The van der Waals surface area contributed by atoms with Crippen molar-refractivity contribution in [2.24, 2.45) is 10.9 Å². The summed E-state index contributed by atoms with van der Waals surface area (Å²) in [6, 6.07) is 9.66. The van der Waals surface area contributed by atoms with Gasteiger partial charge in [-0.15, -0.1) is 12.8 Å². The number of aliphatic hydroxyl groups is 1. The zero-order valence-corrected chi connectivity index (χ0v) is 19.7. The van der Waals surface area contributed by atoms with E-state index in [0.717, 1.165) is 29.9 Å². The number of aliphatic imine (C=N–C) groups is 1. The van der Waals surface area contributed by atoms with Gasteiger partial charge in [0.05, 0.1) is 0 Å². The Morgan fingerprint density at radius 1 is 1.24 bits per heavy atom. The van der Waals surface area contributed by atoms with Gasteiger partial charge in [0.15, 0.2) is 11.4 Å². The van der Waals surface area contributed by atoms with Crippen LogP contribution in [-0.2, 0) is 0 Å². The minimum absolute atomic E-state index is 0.135. The second kappa shape index (κ2) is 9.99. The SMILES string of the molecule is C#CC(O)(C#C)C1CCN(CC2=C(C)C(c3ccc(F)cc3Cl)N=C(c3ccccn3)N2)CC1. The van der Waals surface area contributed by atoms with Crippen LogP contribution in [-0.4, -0.2) is 46.1 Å². The Bertz CT molecular complexity index is 1190. The number of terminal acetylenes is 2. The minimum atomic E-state index is -1.51. The maximum atomic E-state index is 13.7. The molecule has 0 amide bonds. The van der Waals surface area contributed by atoms with Crippen LogP contribution in [0.4, 0.5) is 4.39 Å². The predicted octanol–water partition coefficient (Wildman–Crippen LogP) is 3.95. The summed E-state index contributed by atoms with van der Waals surface area (Å²) >= 11 is 6.41. The van der Waals surface area contributed by atoms with Crippen LogP contribution in [0, 0.1) is 36.4 Å². The fourth-order valence-corrected chi connectivity index (χ4v) is 4.77. The van der Waals surface area contributed by atoms with Gasteiger partial charge in [0.2, 0.25) is 0 Å². The quantitative estimate of drug-likeness (QED) is 0.641. The maximum absolute atomic E-state index is 13.7. The molecule has 7 heteroatoms. The molecule has 0 spiro atoms. The molecule has 0 saturated carbocycles. The number of rotatable bonds is 5. The number of likely N-dealkylation sites (tertiary alicyclic amines) is 1. The molecule has 2 N–H and O–H groups in total. The van der Waals surface area contributed by atoms with Crippen molar-refractivity contribution in [3.05, 3.63) is 76.0 Å². The van der Waals surface area contributed by atoms with E-state index in [4.69, 9.17) is 29.4 Å². The fraction of sp³-hybridized carbons (Fsp3) is 0.333. The highest BCUT2D eigenvalue weighted by Gasteiger charge is 2.36. The molecule has 2 aliphatic rings. The van der Waals surface area contributed by atoms with E-state index in [0.29, 0.717) is 35.9 Å². The Morgan fingerprint density at radius 2 is 1.97 bits per heavy atom. The van der Waals surface area contributed by atoms with Crippen LogP contribution < -0.4 is 5.32 Å². The summed E-state index contributed by atoms with van der Waals surface area (Å²) in [6.07, 6.45) is 14.1. The number of halogens is 2. The molecule has 34 heavy (non-hydrogen) atoms. The van der Waals surface area contributed by atoms with Gasteiger partial charge in [-0.25, -0.2) is 4.39 Å². The predicted molar refractivity (Wildman–Crippen MR) is 133 cm³/mol. The number of piperidine rings is 1. The lowest BCUT2D eigenvalue weighted by atomic mass is 9.81. The van der Waals surface area contributed by atoms with E-state index >= 15 is 0 Å². The molecule has 4 rings (SSSR count). The number of hydrogen-bond donors (Lipinski definition) is 2. The van der Waals surface area contributed by atoms with Gasteiger partial charge in [-0.2, -0.15) is 0 Å². The van der Waals surface area contributed by atoms with Gasteiger partial charge in [-0.1, -0.05) is 35.6 Å². The molecule has 0 bridgehead atoms. The summed E-state index contributed by atoms with van der Waals surface area (Å²) in [4.78, 5) is 11.6. The van der Waals surface area contributed by atoms with Crippen molar-refractivity contribution in [2.45, 2.75) is 31.4 Å². The zero-order valence-electron chi connectivity index (χ0n) is 18.9. The number of nitrogens with zero attached hydrogens (tertiary/aromatic N) is 3. The van der Waals surface area contributed by atoms with Gasteiger partial charge in [-0.3, -0.25) is 14.9 Å². The van der Waals surface area contributed by atoms with Crippen LogP contribution in [0.15, 0.2) is 58.9 Å². The van der Waals surface area contributed by atoms with Crippen molar-refractivity contribution in [2.75, 3.05) is 19.6 Å². The third-order valence-corrected chi connectivity index (χ3v) is 6.91. The van der Waals surface area contributed by atoms with Gasteiger partial charge in [0.25, 0.3) is 0 Å². The minimum Gasteiger partial charge on any atom is -0.367 e. The second-order valence-electron chi connectivity index (χ2n) is 8.65. The molecule has 1 aromatic carbocycles. The monoisotopic (exact) mass is 476 g/mol. The van der Waals surface area contributed by atoms with Crippen LogP contribution in [0.1, 0.15) is 37.1 Å². The summed E-state index contributed by atoms with van der Waals surface area (Å²) in [5.41, 5.74) is 1.93. The van der Waals surface area contributed by atoms with E-state index in [9.17, 15) is 9.50 Å². The standard InChI is InChI=1S/C27H26ClFN4O/c1-4-27(34,5-2)19-11-14-33(15-12-19)17-24-18(3)25(21-10-9-20(29)16-22(21)28)32-26(31-24)23-8-6-7-13-30-23/h1-2,6-10,13,16,19,25,34H,11-12,14-15,17H2,3H3,(H,31,32). The number of benzene rings is 1. The first-order valence-corrected chi connectivity index (χ1v) is 11.5. The Balaban J connectivity index is 1.60. The highest BCUT2D eigenvalue weighted by Crippen LogP contribution is 2.36. The summed E-state index contributed by atoms with van der Waals surface area (Å²) in [5, 5.41) is 14.3. The zero-order chi connectivity index (χ0) is 24.3. The number of hydrogen-bond acceptors (Lipinski definition) is 5. The summed E-state index contributed by atoms with van der Waals surface area (Å²) in [6.45, 7) is 4.14. The summed E-state index contributed by atoms with van der Waals surface area (Å²) in [5.74, 6) is 4.86. The van der Waals surface area contributed by atoms with Crippen molar-refractivity contribution in [1.82, 2.24) is 15.2 Å². The van der Waals surface area contributed by atoms with Crippen LogP contribution >= 0.6 is 11.6 Å². The molecular weight excluding hydrogens is 451 g/mol. The molecule has 2 aliphatic heterocycles. The normalized spacial score (nSPS) is 19.7. The van der Waals surface area contributed by atoms with E-state index in [1.54, 1.807) is 12.3 Å². The Hall–Kier alpha value is -3.16. The highest BCUT2D eigenvalue weighted by atomic mass is 35.5. The molecule has 1 atom stereocenters. The van der Waals surface area contributed by atoms with Gasteiger partial charge in [0, 0.05) is 29.4 Å². The Labute approximate surface area is 204 Å². The molecule has 3 heterocycles. The van der Waals surface area contributed by atoms with Gasteiger partial charge in [0.1, 0.15) is 17.6 Å². The maximum Gasteiger partial charge on any atom is 0.189 e. The number of amidine groups is 1. The molecule has 5 nitrogen and oxygen atoms in total. The molecule has 2 aromatic rings. The van der Waals surface area contributed by atoms with Gasteiger partial charge < -0.3 is 10.4 Å². The number of aromatic nitrogens is 1. The Morgan fingerprint density at radius 3 is 2.59 bits per heavy atom. The van der Waals surface area contributed by atoms with Crippen LogP contribution in [0.5, 0.6) is 0 Å². The molecule has 0 radical (unpaired) electrons. The lowest BCUT2D eigenvalue weighted by Crippen LogP contribution is -2.45. The average molecular weight is 477 g/mol. The third-order valence-electron chi connectivity index (χ3n) is 6.58. The largest absolute Gasteiger partial charge is 0.367 e. The summed E-state index contributed by atoms with van der Waals surface area (Å²) < 4.78 is 13.7. The molecule has 0 aliphatic carbocycles. The van der Waals surface area contributed by atoms with Crippen LogP contribution in [0.25, 0.3) is 0 Å². The molecule has 1 saturated heterocycles. The highest BCUT2D eigenvalue weighted by molar-refractivity contribution is 6.31. The average Bonchev–Trinajstić information content (AvgIpc) is 2.86. The molecular formula is C27H26ClFN4O. The lowest BCUT2D eigenvalue weighted by molar-refractivity contribution is 0.0506. The first-order valence-electron chi connectivity index (χ1n) is 11.2. The van der Waals surface area contributed by atoms with Crippen LogP contribution in [0.3, 0.4) is 0 Å². The van der Waals surface area contributed by atoms with Gasteiger partial charge in [-0.05, 0) is 68.3 Å². The van der Waals surface area contributed by atoms with Crippen molar-refractivity contribution in [1.29, 1.82) is 0 Å². The van der Waals surface area contributed by atoms with E-state index in [2.05, 4.69) is 27.0 Å². The summed E-state index contributed by atoms with van der Waals surface area (Å²) in [7, 11) is 0. The van der Waals surface area contributed by atoms with Crippen molar-refractivity contribution in [3.8, 4) is 24.7 Å². The topological polar surface area (TPSA) is 60.8 Å². The smallest absolute Gasteiger partial charge is 0.189 e. The number of nitrogens with one attached hydrogen (secondary N) is 1. The first-order chi connectivity index (χ1) is 16.3. The third kappa shape index (κ3) is 4.86. The molecule has 174 valence electrons. The Kier molecular flexibility index (Phi) is 7.05. The van der Waals surface area contributed by atoms with E-state index in [-0.39, 0.29) is 17.8 Å². The molecule has 1 fully saturated rings. The molecule has 1 unspecified atom stereocenters. The van der Waals surface area contributed by atoms with E-state index in [1.807, 2.05) is 25.1 Å². The van der Waals surface area contributed by atoms with Crippen molar-refractivity contribution < 1.29 is 9.50 Å². The van der Waals surface area contributed by atoms with Gasteiger partial charge >= 0.3 is 0 Å². The molecule has 1 aromatic heterocycles.